The average Bonchev–Trinajstić information content (AvgIpc) is 2.54. The quantitative estimate of drug-likeness (QED) is 0.814. The summed E-state index contributed by atoms with van der Waals surface area (Å²) in [4.78, 5) is 0.297. The van der Waals surface area contributed by atoms with Crippen LogP contribution >= 0.6 is 0 Å². The van der Waals surface area contributed by atoms with Gasteiger partial charge in [-0.05, 0) is 42.7 Å². The molecule has 0 N–H and O–H groups in total. The number of nitrogens with zero attached hydrogens (tertiary/aromatic N) is 1. The molecule has 0 saturated carbocycles. The molecule has 124 valence electrons. The van der Waals surface area contributed by atoms with Gasteiger partial charge in [0.05, 0.1) is 12.0 Å². The highest BCUT2D eigenvalue weighted by molar-refractivity contribution is 7.89. The Kier molecular flexibility index (Phi) is 5.44. The molecule has 5 heteroatoms. The van der Waals surface area contributed by atoms with Gasteiger partial charge < -0.3 is 4.74 Å². The lowest BCUT2D eigenvalue weighted by molar-refractivity contribution is 0.409. The Morgan fingerprint density at radius 3 is 2.48 bits per heavy atom. The zero-order valence-corrected chi connectivity index (χ0v) is 14.9. The van der Waals surface area contributed by atoms with Gasteiger partial charge in [-0.2, -0.15) is 4.31 Å². The fourth-order valence-electron chi connectivity index (χ4n) is 2.52. The van der Waals surface area contributed by atoms with E-state index in [0.717, 1.165) is 16.7 Å². The average molecular weight is 333 g/mol. The Morgan fingerprint density at radius 2 is 1.87 bits per heavy atom. The molecule has 0 atom stereocenters. The molecule has 0 aliphatic rings. The predicted molar refractivity (Wildman–Crippen MR) is 92.2 cm³/mol. The van der Waals surface area contributed by atoms with Crippen molar-refractivity contribution in [1.82, 2.24) is 4.31 Å². The number of sulfonamides is 1. The van der Waals surface area contributed by atoms with Crippen LogP contribution in [0.3, 0.4) is 0 Å². The monoisotopic (exact) mass is 333 g/mol. The van der Waals surface area contributed by atoms with Crippen LogP contribution < -0.4 is 4.74 Å². The molecule has 0 heterocycles. The number of benzene rings is 2. The maximum Gasteiger partial charge on any atom is 0.243 e. The molecule has 0 aromatic heterocycles. The fourth-order valence-corrected chi connectivity index (χ4v) is 3.73. The summed E-state index contributed by atoms with van der Waals surface area (Å²) in [6.45, 7) is 4.32. The first-order valence-electron chi connectivity index (χ1n) is 7.57. The van der Waals surface area contributed by atoms with Crippen LogP contribution in [0.1, 0.15) is 23.6 Å². The second kappa shape index (κ2) is 7.15. The Hall–Kier alpha value is -1.85. The van der Waals surface area contributed by atoms with Gasteiger partial charge in [0, 0.05) is 13.6 Å². The number of hydrogen-bond acceptors (Lipinski definition) is 3. The zero-order chi connectivity index (χ0) is 17.0. The number of methoxy groups -OCH3 is 1. The van der Waals surface area contributed by atoms with E-state index < -0.39 is 10.0 Å². The van der Waals surface area contributed by atoms with Gasteiger partial charge in [0.15, 0.2) is 0 Å². The van der Waals surface area contributed by atoms with Crippen LogP contribution in [0.25, 0.3) is 0 Å². The predicted octanol–water partition coefficient (Wildman–Crippen LogP) is 3.39. The maximum atomic E-state index is 12.8. The van der Waals surface area contributed by atoms with E-state index in [2.05, 4.69) is 0 Å². The highest BCUT2D eigenvalue weighted by atomic mass is 32.2. The number of aryl methyl sites for hydroxylation is 2. The Morgan fingerprint density at radius 1 is 1.13 bits per heavy atom. The summed E-state index contributed by atoms with van der Waals surface area (Å²) in [6, 6.07) is 12.9. The van der Waals surface area contributed by atoms with E-state index in [9.17, 15) is 8.42 Å². The van der Waals surface area contributed by atoms with Gasteiger partial charge in [0.25, 0.3) is 0 Å². The first kappa shape index (κ1) is 17.5. The topological polar surface area (TPSA) is 46.6 Å². The minimum absolute atomic E-state index is 0.297. The molecule has 0 spiro atoms. The lowest BCUT2D eigenvalue weighted by Gasteiger charge is -2.18. The molecule has 0 aliphatic heterocycles. The second-order valence-electron chi connectivity index (χ2n) is 5.58. The molecule has 0 unspecified atom stereocenters. The Bertz CT molecular complexity index is 785. The van der Waals surface area contributed by atoms with Crippen molar-refractivity contribution in [3.8, 4) is 5.75 Å². The highest BCUT2D eigenvalue weighted by Gasteiger charge is 2.22. The van der Waals surface area contributed by atoms with E-state index in [0.29, 0.717) is 23.6 Å². The van der Waals surface area contributed by atoms with E-state index in [1.807, 2.05) is 38.1 Å². The van der Waals surface area contributed by atoms with E-state index in [4.69, 9.17) is 4.74 Å². The van der Waals surface area contributed by atoms with Crippen molar-refractivity contribution in [3.63, 3.8) is 0 Å². The molecule has 23 heavy (non-hydrogen) atoms. The molecular weight excluding hydrogens is 310 g/mol. The maximum absolute atomic E-state index is 12.8. The van der Waals surface area contributed by atoms with E-state index >= 15 is 0 Å². The molecule has 0 aliphatic carbocycles. The summed E-state index contributed by atoms with van der Waals surface area (Å²) in [7, 11) is -0.335. The molecule has 2 aromatic rings. The molecule has 0 radical (unpaired) electrons. The normalized spacial score (nSPS) is 11.7. The van der Waals surface area contributed by atoms with Gasteiger partial charge >= 0.3 is 0 Å². The van der Waals surface area contributed by atoms with Crippen molar-refractivity contribution in [1.29, 1.82) is 0 Å². The number of hydrogen-bond donors (Lipinski definition) is 0. The minimum Gasteiger partial charge on any atom is -0.496 e. The third-order valence-electron chi connectivity index (χ3n) is 3.83. The third kappa shape index (κ3) is 3.92. The van der Waals surface area contributed by atoms with Crippen LogP contribution in [0.15, 0.2) is 47.4 Å². The van der Waals surface area contributed by atoms with Crippen LogP contribution in [-0.2, 0) is 23.0 Å². The highest BCUT2D eigenvalue weighted by Crippen LogP contribution is 2.25. The fraction of sp³-hybridized carbons (Fsp3) is 0.333. The SMILES string of the molecule is CCc1cc(S(=O)(=O)N(C)Cc2cccc(C)c2)ccc1OC. The van der Waals surface area contributed by atoms with E-state index in [-0.39, 0.29) is 0 Å². The largest absolute Gasteiger partial charge is 0.496 e. The van der Waals surface area contributed by atoms with Crippen LogP contribution in [0.2, 0.25) is 0 Å². The standard InChI is InChI=1S/C18H23NO3S/c1-5-16-12-17(9-10-18(16)22-4)23(20,21)19(3)13-15-8-6-7-14(2)11-15/h6-12H,5,13H2,1-4H3. The molecular formula is C18H23NO3S. The van der Waals surface area contributed by atoms with Crippen molar-refractivity contribution >= 4 is 10.0 Å². The van der Waals surface area contributed by atoms with Crippen molar-refractivity contribution in [2.24, 2.45) is 0 Å². The van der Waals surface area contributed by atoms with Gasteiger partial charge in [-0.25, -0.2) is 8.42 Å². The van der Waals surface area contributed by atoms with Crippen LogP contribution in [0.5, 0.6) is 5.75 Å². The van der Waals surface area contributed by atoms with Crippen LogP contribution in [-0.4, -0.2) is 26.9 Å². The first-order chi connectivity index (χ1) is 10.9. The lowest BCUT2D eigenvalue weighted by atomic mass is 10.1. The Labute approximate surface area is 138 Å². The van der Waals surface area contributed by atoms with Crippen LogP contribution in [0.4, 0.5) is 0 Å². The molecule has 2 aromatic carbocycles. The number of rotatable bonds is 6. The van der Waals surface area contributed by atoms with Crippen LogP contribution in [0, 0.1) is 6.92 Å². The second-order valence-corrected chi connectivity index (χ2v) is 7.62. The molecule has 0 saturated heterocycles. The van der Waals surface area contributed by atoms with E-state index in [1.165, 1.54) is 4.31 Å². The number of ether oxygens (including phenoxy) is 1. The molecule has 0 fully saturated rings. The molecule has 0 amide bonds. The summed E-state index contributed by atoms with van der Waals surface area (Å²) >= 11 is 0. The molecule has 4 nitrogen and oxygen atoms in total. The zero-order valence-electron chi connectivity index (χ0n) is 14.0. The van der Waals surface area contributed by atoms with Crippen molar-refractivity contribution in [3.05, 3.63) is 59.2 Å². The minimum atomic E-state index is -3.53. The van der Waals surface area contributed by atoms with Gasteiger partial charge in [0.1, 0.15) is 5.75 Å². The summed E-state index contributed by atoms with van der Waals surface area (Å²) < 4.78 is 32.2. The van der Waals surface area contributed by atoms with Gasteiger partial charge in [-0.1, -0.05) is 36.8 Å². The first-order valence-corrected chi connectivity index (χ1v) is 9.01. The Balaban J connectivity index is 2.30. The smallest absolute Gasteiger partial charge is 0.243 e. The summed E-state index contributed by atoms with van der Waals surface area (Å²) in [5.74, 6) is 0.716. The van der Waals surface area contributed by atoms with Gasteiger partial charge in [-0.3, -0.25) is 0 Å². The lowest BCUT2D eigenvalue weighted by Crippen LogP contribution is -2.26. The van der Waals surface area contributed by atoms with Crippen molar-refractivity contribution in [2.75, 3.05) is 14.2 Å². The third-order valence-corrected chi connectivity index (χ3v) is 5.63. The molecule has 0 bridgehead atoms. The van der Waals surface area contributed by atoms with Gasteiger partial charge in [-0.15, -0.1) is 0 Å². The molecule has 2 rings (SSSR count). The van der Waals surface area contributed by atoms with Crippen molar-refractivity contribution < 1.29 is 13.2 Å². The van der Waals surface area contributed by atoms with Crippen molar-refractivity contribution in [2.45, 2.75) is 31.7 Å². The summed E-state index contributed by atoms with van der Waals surface area (Å²) in [5, 5.41) is 0. The summed E-state index contributed by atoms with van der Waals surface area (Å²) in [6.07, 6.45) is 0.716. The van der Waals surface area contributed by atoms with E-state index in [1.54, 1.807) is 32.4 Å². The summed E-state index contributed by atoms with van der Waals surface area (Å²) in [5.41, 5.74) is 2.98. The van der Waals surface area contributed by atoms with Gasteiger partial charge in [0.2, 0.25) is 10.0 Å².